The van der Waals surface area contributed by atoms with Gasteiger partial charge in [-0.25, -0.2) is 0 Å². The summed E-state index contributed by atoms with van der Waals surface area (Å²) < 4.78 is 7.71. The molecule has 2 aromatic rings. The van der Waals surface area contributed by atoms with Crippen LogP contribution in [0.4, 0.5) is 6.01 Å². The number of aromatic nitrogens is 4. The molecule has 6 heteroatoms. The Morgan fingerprint density at radius 3 is 2.71 bits per heavy atom. The van der Waals surface area contributed by atoms with Gasteiger partial charge in [0.05, 0.1) is 5.69 Å². The van der Waals surface area contributed by atoms with Crippen molar-refractivity contribution in [1.82, 2.24) is 20.0 Å². The molecule has 3 heterocycles. The van der Waals surface area contributed by atoms with Gasteiger partial charge in [-0.15, -0.1) is 5.10 Å². The first-order valence-electron chi connectivity index (χ1n) is 7.52. The molecule has 1 unspecified atom stereocenters. The second kappa shape index (κ2) is 5.16. The van der Waals surface area contributed by atoms with Crippen LogP contribution < -0.4 is 4.90 Å². The van der Waals surface area contributed by atoms with E-state index in [0.29, 0.717) is 17.8 Å². The molecule has 1 atom stereocenters. The van der Waals surface area contributed by atoms with Crippen molar-refractivity contribution < 1.29 is 4.42 Å². The largest absolute Gasteiger partial charge is 0.407 e. The van der Waals surface area contributed by atoms with Crippen molar-refractivity contribution in [2.24, 2.45) is 7.05 Å². The predicted molar refractivity (Wildman–Crippen MR) is 80.4 cm³/mol. The SMILES string of the molecule is Cn1ccc(C2CCCN(c3nnc(C(C)(C)C)o3)C2)n1. The Balaban J connectivity index is 1.75. The van der Waals surface area contributed by atoms with E-state index < -0.39 is 0 Å². The van der Waals surface area contributed by atoms with Gasteiger partial charge < -0.3 is 9.32 Å². The number of hydrogen-bond donors (Lipinski definition) is 0. The van der Waals surface area contributed by atoms with Gasteiger partial charge in [0, 0.05) is 37.7 Å². The lowest BCUT2D eigenvalue weighted by atomic mass is 9.95. The van der Waals surface area contributed by atoms with Crippen LogP contribution in [0.25, 0.3) is 0 Å². The van der Waals surface area contributed by atoms with Crippen LogP contribution in [0, 0.1) is 0 Å². The van der Waals surface area contributed by atoms with E-state index in [1.165, 1.54) is 0 Å². The van der Waals surface area contributed by atoms with Crippen LogP contribution in [0.3, 0.4) is 0 Å². The summed E-state index contributed by atoms with van der Waals surface area (Å²) in [6.45, 7) is 8.10. The zero-order valence-electron chi connectivity index (χ0n) is 13.2. The van der Waals surface area contributed by atoms with Crippen LogP contribution in [-0.4, -0.2) is 33.1 Å². The lowest BCUT2D eigenvalue weighted by Crippen LogP contribution is -2.34. The minimum absolute atomic E-state index is 0.110. The lowest BCUT2D eigenvalue weighted by Gasteiger charge is -2.30. The highest BCUT2D eigenvalue weighted by atomic mass is 16.4. The van der Waals surface area contributed by atoms with Crippen LogP contribution in [0.2, 0.25) is 0 Å². The van der Waals surface area contributed by atoms with Crippen LogP contribution >= 0.6 is 0 Å². The number of anilines is 1. The molecule has 3 rings (SSSR count). The first-order valence-corrected chi connectivity index (χ1v) is 7.52. The minimum Gasteiger partial charge on any atom is -0.407 e. The average Bonchev–Trinajstić information content (AvgIpc) is 3.07. The van der Waals surface area contributed by atoms with Crippen LogP contribution in [0.1, 0.15) is 51.1 Å². The predicted octanol–water partition coefficient (Wildman–Crippen LogP) is 2.48. The van der Waals surface area contributed by atoms with E-state index in [-0.39, 0.29) is 5.41 Å². The van der Waals surface area contributed by atoms with E-state index in [0.717, 1.165) is 31.6 Å². The molecule has 0 saturated carbocycles. The molecular formula is C15H23N5O. The van der Waals surface area contributed by atoms with Gasteiger partial charge in [0.25, 0.3) is 0 Å². The van der Waals surface area contributed by atoms with Gasteiger partial charge in [0.15, 0.2) is 0 Å². The molecule has 1 fully saturated rings. The second-order valence-electron chi connectivity index (χ2n) is 6.84. The molecular weight excluding hydrogens is 266 g/mol. The minimum atomic E-state index is -0.110. The standard InChI is InChI=1S/C15H23N5O/c1-15(2,3)13-16-17-14(21-13)20-8-5-6-11(10-20)12-7-9-19(4)18-12/h7,9,11H,5-6,8,10H2,1-4H3. The quantitative estimate of drug-likeness (QED) is 0.850. The summed E-state index contributed by atoms with van der Waals surface area (Å²) in [6.07, 6.45) is 4.28. The van der Waals surface area contributed by atoms with Crippen LogP contribution in [-0.2, 0) is 12.5 Å². The monoisotopic (exact) mass is 289 g/mol. The first kappa shape index (κ1) is 14.1. The van der Waals surface area contributed by atoms with Gasteiger partial charge in [-0.05, 0) is 18.9 Å². The molecule has 1 aliphatic heterocycles. The molecule has 6 nitrogen and oxygen atoms in total. The van der Waals surface area contributed by atoms with Crippen molar-refractivity contribution in [1.29, 1.82) is 0 Å². The highest BCUT2D eigenvalue weighted by molar-refractivity contribution is 5.28. The highest BCUT2D eigenvalue weighted by Gasteiger charge is 2.28. The average molecular weight is 289 g/mol. The zero-order valence-corrected chi connectivity index (χ0v) is 13.2. The Bertz CT molecular complexity index is 610. The number of rotatable bonds is 2. The normalized spacial score (nSPS) is 20.0. The number of hydrogen-bond acceptors (Lipinski definition) is 5. The molecule has 114 valence electrons. The van der Waals surface area contributed by atoms with Crippen molar-refractivity contribution in [3.63, 3.8) is 0 Å². The third-order valence-corrected chi connectivity index (χ3v) is 3.90. The fourth-order valence-corrected chi connectivity index (χ4v) is 2.69. The Kier molecular flexibility index (Phi) is 3.47. The summed E-state index contributed by atoms with van der Waals surface area (Å²) in [6, 6.07) is 2.74. The molecule has 0 bridgehead atoms. The fraction of sp³-hybridized carbons (Fsp3) is 0.667. The Hall–Kier alpha value is -1.85. The third kappa shape index (κ3) is 2.94. The maximum Gasteiger partial charge on any atom is 0.318 e. The van der Waals surface area contributed by atoms with Crippen molar-refractivity contribution in [2.45, 2.75) is 44.9 Å². The summed E-state index contributed by atoms with van der Waals surface area (Å²) in [7, 11) is 1.96. The number of nitrogens with zero attached hydrogens (tertiary/aromatic N) is 5. The molecule has 1 saturated heterocycles. The Morgan fingerprint density at radius 1 is 1.29 bits per heavy atom. The molecule has 0 aromatic carbocycles. The molecule has 0 aliphatic carbocycles. The highest BCUT2D eigenvalue weighted by Crippen LogP contribution is 2.30. The van der Waals surface area contributed by atoms with E-state index in [2.05, 4.69) is 47.0 Å². The zero-order chi connectivity index (χ0) is 15.0. The van der Waals surface area contributed by atoms with Crippen LogP contribution in [0.15, 0.2) is 16.7 Å². The van der Waals surface area contributed by atoms with Gasteiger partial charge in [-0.3, -0.25) is 4.68 Å². The summed E-state index contributed by atoms with van der Waals surface area (Å²) in [4.78, 5) is 2.19. The van der Waals surface area contributed by atoms with Gasteiger partial charge in [0.2, 0.25) is 5.89 Å². The van der Waals surface area contributed by atoms with E-state index in [1.54, 1.807) is 0 Å². The van der Waals surface area contributed by atoms with Gasteiger partial charge >= 0.3 is 6.01 Å². The maximum absolute atomic E-state index is 5.86. The molecule has 0 N–H and O–H groups in total. The molecule has 0 amide bonds. The summed E-state index contributed by atoms with van der Waals surface area (Å²) in [5.74, 6) is 1.13. The fourth-order valence-electron chi connectivity index (χ4n) is 2.69. The van der Waals surface area contributed by atoms with E-state index in [1.807, 2.05) is 17.9 Å². The summed E-state index contributed by atoms with van der Waals surface area (Å²) in [5, 5.41) is 12.9. The van der Waals surface area contributed by atoms with Crippen molar-refractivity contribution in [3.8, 4) is 0 Å². The molecule has 1 aliphatic rings. The molecule has 0 radical (unpaired) electrons. The third-order valence-electron chi connectivity index (χ3n) is 3.90. The van der Waals surface area contributed by atoms with Gasteiger partial charge in [0.1, 0.15) is 0 Å². The summed E-state index contributed by atoms with van der Waals surface area (Å²) in [5.41, 5.74) is 1.04. The molecule has 21 heavy (non-hydrogen) atoms. The topological polar surface area (TPSA) is 60.0 Å². The van der Waals surface area contributed by atoms with E-state index in [9.17, 15) is 0 Å². The van der Waals surface area contributed by atoms with Crippen molar-refractivity contribution in [3.05, 3.63) is 23.8 Å². The summed E-state index contributed by atoms with van der Waals surface area (Å²) >= 11 is 0. The van der Waals surface area contributed by atoms with E-state index >= 15 is 0 Å². The van der Waals surface area contributed by atoms with Gasteiger partial charge in [-0.2, -0.15) is 5.10 Å². The maximum atomic E-state index is 5.86. The second-order valence-corrected chi connectivity index (χ2v) is 6.84. The smallest absolute Gasteiger partial charge is 0.318 e. The number of aryl methyl sites for hydroxylation is 1. The van der Waals surface area contributed by atoms with Crippen molar-refractivity contribution >= 4 is 6.01 Å². The van der Waals surface area contributed by atoms with Crippen molar-refractivity contribution in [2.75, 3.05) is 18.0 Å². The van der Waals surface area contributed by atoms with E-state index in [4.69, 9.17) is 4.42 Å². The first-order chi connectivity index (χ1) is 9.93. The Morgan fingerprint density at radius 2 is 2.10 bits per heavy atom. The lowest BCUT2D eigenvalue weighted by molar-refractivity contribution is 0.380. The van der Waals surface area contributed by atoms with Gasteiger partial charge in [-0.1, -0.05) is 25.9 Å². The number of piperidine rings is 1. The molecule has 2 aromatic heterocycles. The van der Waals surface area contributed by atoms with Crippen LogP contribution in [0.5, 0.6) is 0 Å². The molecule has 0 spiro atoms. The Labute approximate surface area is 125 Å².